The van der Waals surface area contributed by atoms with Crippen LogP contribution < -0.4 is 9.64 Å². The first-order valence-electron chi connectivity index (χ1n) is 9.08. The number of esters is 1. The molecule has 1 saturated heterocycles. The molecule has 1 fully saturated rings. The maximum atomic E-state index is 13.3. The molecule has 0 bridgehead atoms. The fourth-order valence-corrected chi connectivity index (χ4v) is 4.04. The quantitative estimate of drug-likeness (QED) is 0.310. The Morgan fingerprint density at radius 3 is 2.29 bits per heavy atom. The summed E-state index contributed by atoms with van der Waals surface area (Å²) in [5, 5.41) is 1.24. The molecule has 3 rings (SSSR count). The number of methoxy groups -OCH3 is 1. The molecule has 0 aromatic heterocycles. The van der Waals surface area contributed by atoms with Crippen molar-refractivity contribution in [3.63, 3.8) is 0 Å². The Morgan fingerprint density at radius 1 is 1.13 bits per heavy atom. The Morgan fingerprint density at radius 2 is 1.74 bits per heavy atom. The van der Waals surface area contributed by atoms with Gasteiger partial charge in [0.05, 0.1) is 29.4 Å². The van der Waals surface area contributed by atoms with E-state index in [1.165, 1.54) is 16.9 Å². The third-order valence-electron chi connectivity index (χ3n) is 4.35. The lowest BCUT2D eigenvalue weighted by Crippen LogP contribution is -2.35. The summed E-state index contributed by atoms with van der Waals surface area (Å²) < 4.78 is 10.2. The molecule has 0 atom stereocenters. The number of carbonyl (C=O) groups is 2. The average Bonchev–Trinajstić information content (AvgIpc) is 2.95. The Labute approximate surface area is 199 Å². The van der Waals surface area contributed by atoms with Gasteiger partial charge in [0, 0.05) is 5.02 Å². The van der Waals surface area contributed by atoms with Gasteiger partial charge < -0.3 is 14.4 Å². The summed E-state index contributed by atoms with van der Waals surface area (Å²) in [4.78, 5) is 28.0. The van der Waals surface area contributed by atoms with Gasteiger partial charge in [0.15, 0.2) is 10.9 Å². The molecule has 1 aliphatic heterocycles. The zero-order valence-electron chi connectivity index (χ0n) is 16.5. The van der Waals surface area contributed by atoms with E-state index in [1.54, 1.807) is 42.5 Å². The van der Waals surface area contributed by atoms with Crippen LogP contribution in [0.15, 0.2) is 42.1 Å². The van der Waals surface area contributed by atoms with E-state index in [9.17, 15) is 9.59 Å². The van der Waals surface area contributed by atoms with Crippen molar-refractivity contribution < 1.29 is 19.1 Å². The van der Waals surface area contributed by atoms with Gasteiger partial charge in [0.2, 0.25) is 0 Å². The first kappa shape index (κ1) is 23.3. The van der Waals surface area contributed by atoms with Crippen LogP contribution in [0.2, 0.25) is 15.1 Å². The number of amides is 1. The van der Waals surface area contributed by atoms with Gasteiger partial charge in [-0.1, -0.05) is 34.8 Å². The second kappa shape index (κ2) is 9.87. The second-order valence-electron chi connectivity index (χ2n) is 6.34. The fraction of sp³-hybridized carbons (Fsp3) is 0.190. The molecule has 0 N–H and O–H groups in total. The molecule has 162 valence electrons. The van der Waals surface area contributed by atoms with E-state index in [0.29, 0.717) is 38.7 Å². The summed E-state index contributed by atoms with van der Waals surface area (Å²) in [6.45, 7) is 1.97. The normalized spacial score (nSPS) is 15.1. The summed E-state index contributed by atoms with van der Waals surface area (Å²) in [7, 11) is 1.26. The minimum atomic E-state index is -0.554. The molecule has 2 aromatic rings. The van der Waals surface area contributed by atoms with Crippen LogP contribution in [0.25, 0.3) is 6.08 Å². The highest BCUT2D eigenvalue weighted by molar-refractivity contribution is 7.80. The van der Waals surface area contributed by atoms with Gasteiger partial charge in [-0.25, -0.2) is 0 Å². The van der Waals surface area contributed by atoms with E-state index in [0.717, 1.165) is 0 Å². The lowest BCUT2D eigenvalue weighted by molar-refractivity contribution is -0.140. The zero-order chi connectivity index (χ0) is 22.7. The van der Waals surface area contributed by atoms with Crippen molar-refractivity contribution in [2.45, 2.75) is 6.92 Å². The smallest absolute Gasteiger partial charge is 0.325 e. The minimum Gasteiger partial charge on any atom is -0.491 e. The number of carbonyl (C=O) groups excluding carboxylic acids is 2. The fourth-order valence-electron chi connectivity index (χ4n) is 2.95. The summed E-state index contributed by atoms with van der Waals surface area (Å²) in [5.41, 5.74) is 1.22. The van der Waals surface area contributed by atoms with Gasteiger partial charge in [-0.3, -0.25) is 14.5 Å². The Kier molecular flexibility index (Phi) is 7.43. The van der Waals surface area contributed by atoms with Gasteiger partial charge in [-0.2, -0.15) is 0 Å². The first-order valence-corrected chi connectivity index (χ1v) is 10.6. The molecular formula is C21H17Cl3N2O4S. The maximum Gasteiger partial charge on any atom is 0.325 e. The van der Waals surface area contributed by atoms with E-state index >= 15 is 0 Å². The van der Waals surface area contributed by atoms with E-state index in [2.05, 4.69) is 0 Å². The van der Waals surface area contributed by atoms with Crippen LogP contribution in [0.5, 0.6) is 5.75 Å². The van der Waals surface area contributed by atoms with Crippen LogP contribution in [0, 0.1) is 0 Å². The molecule has 0 radical (unpaired) electrons. The van der Waals surface area contributed by atoms with Crippen molar-refractivity contribution in [2.75, 3.05) is 25.2 Å². The average molecular weight is 500 g/mol. The van der Waals surface area contributed by atoms with E-state index in [-0.39, 0.29) is 17.4 Å². The molecule has 2 aromatic carbocycles. The predicted octanol–water partition coefficient (Wildman–Crippen LogP) is 5.19. The molecule has 0 unspecified atom stereocenters. The van der Waals surface area contributed by atoms with Crippen molar-refractivity contribution in [1.29, 1.82) is 0 Å². The minimum absolute atomic E-state index is 0.132. The van der Waals surface area contributed by atoms with Crippen LogP contribution in [0.4, 0.5) is 5.69 Å². The third-order valence-corrected chi connectivity index (χ3v) is 5.56. The van der Waals surface area contributed by atoms with Gasteiger partial charge in [0.1, 0.15) is 12.2 Å². The number of benzene rings is 2. The highest BCUT2D eigenvalue weighted by Crippen LogP contribution is 2.36. The SMILES string of the molecule is CCOc1c(Cl)cc(/C=C2/C(=O)N(c3ccc(Cl)cc3)C(=S)N2CC(=O)OC)cc1Cl. The van der Waals surface area contributed by atoms with Crippen molar-refractivity contribution in [3.8, 4) is 5.75 Å². The van der Waals surface area contributed by atoms with Gasteiger partial charge in [-0.15, -0.1) is 0 Å². The number of thiocarbonyl (C=S) groups is 1. The van der Waals surface area contributed by atoms with Crippen molar-refractivity contribution in [3.05, 3.63) is 62.7 Å². The van der Waals surface area contributed by atoms with Crippen molar-refractivity contribution >= 4 is 75.8 Å². The number of hydrogen-bond donors (Lipinski definition) is 0. The van der Waals surface area contributed by atoms with Crippen LogP contribution in [-0.4, -0.2) is 42.2 Å². The van der Waals surface area contributed by atoms with Crippen molar-refractivity contribution in [1.82, 2.24) is 4.90 Å². The van der Waals surface area contributed by atoms with Gasteiger partial charge >= 0.3 is 5.97 Å². The molecular weight excluding hydrogens is 483 g/mol. The number of hydrogen-bond acceptors (Lipinski definition) is 5. The zero-order valence-corrected chi connectivity index (χ0v) is 19.6. The summed E-state index contributed by atoms with van der Waals surface area (Å²) in [6.07, 6.45) is 1.56. The Bertz CT molecular complexity index is 1050. The molecule has 0 spiro atoms. The third kappa shape index (κ3) is 4.96. The highest BCUT2D eigenvalue weighted by atomic mass is 35.5. The van der Waals surface area contributed by atoms with Gasteiger partial charge in [-0.05, 0) is 67.2 Å². The largest absolute Gasteiger partial charge is 0.491 e. The molecule has 6 nitrogen and oxygen atoms in total. The van der Waals surface area contributed by atoms with Crippen LogP contribution >= 0.6 is 47.0 Å². The van der Waals surface area contributed by atoms with Crippen molar-refractivity contribution in [2.24, 2.45) is 0 Å². The summed E-state index contributed by atoms with van der Waals surface area (Å²) in [5.74, 6) is -0.616. The lowest BCUT2D eigenvalue weighted by Gasteiger charge is -2.19. The standard InChI is InChI=1S/C21H17Cl3N2O4S/c1-3-30-19-15(23)8-12(9-16(19)24)10-17-20(28)26(14-6-4-13(22)5-7-14)21(31)25(17)11-18(27)29-2/h4-10H,3,11H2,1-2H3/b17-10-. The first-order chi connectivity index (χ1) is 14.8. The number of nitrogens with zero attached hydrogens (tertiary/aromatic N) is 2. The second-order valence-corrected chi connectivity index (χ2v) is 7.95. The predicted molar refractivity (Wildman–Crippen MR) is 126 cm³/mol. The number of anilines is 1. The maximum absolute atomic E-state index is 13.3. The van der Waals surface area contributed by atoms with E-state index in [4.69, 9.17) is 56.5 Å². The Balaban J connectivity index is 2.06. The molecule has 0 saturated carbocycles. The summed E-state index contributed by atoms with van der Waals surface area (Å²) in [6, 6.07) is 9.84. The van der Waals surface area contributed by atoms with Gasteiger partial charge in [0.25, 0.3) is 5.91 Å². The topological polar surface area (TPSA) is 59.1 Å². The van der Waals surface area contributed by atoms with Crippen LogP contribution in [0.1, 0.15) is 12.5 Å². The number of rotatable bonds is 6. The molecule has 10 heteroatoms. The highest BCUT2D eigenvalue weighted by Gasteiger charge is 2.40. The van der Waals surface area contributed by atoms with E-state index < -0.39 is 11.9 Å². The number of ether oxygens (including phenoxy) is 2. The molecule has 1 heterocycles. The Hall–Kier alpha value is -2.32. The molecule has 0 aliphatic carbocycles. The molecule has 1 amide bonds. The molecule has 1 aliphatic rings. The molecule has 31 heavy (non-hydrogen) atoms. The number of halogens is 3. The van der Waals surface area contributed by atoms with Crippen LogP contribution in [0.3, 0.4) is 0 Å². The lowest BCUT2D eigenvalue weighted by atomic mass is 10.1. The van der Waals surface area contributed by atoms with Crippen LogP contribution in [-0.2, 0) is 14.3 Å². The monoisotopic (exact) mass is 498 g/mol. The summed E-state index contributed by atoms with van der Waals surface area (Å²) >= 11 is 24.0. The van der Waals surface area contributed by atoms with E-state index in [1.807, 2.05) is 6.92 Å².